The lowest BCUT2D eigenvalue weighted by molar-refractivity contribution is -0.122. The van der Waals surface area contributed by atoms with Crippen LogP contribution in [-0.4, -0.2) is 16.9 Å². The molecule has 1 saturated carbocycles. The summed E-state index contributed by atoms with van der Waals surface area (Å²) in [7, 11) is 0. The van der Waals surface area contributed by atoms with Crippen LogP contribution in [0.2, 0.25) is 0 Å². The van der Waals surface area contributed by atoms with Gasteiger partial charge in [0.05, 0.1) is 6.10 Å². The Morgan fingerprint density at radius 3 is 2.44 bits per heavy atom. The second-order valence-electron chi connectivity index (χ2n) is 4.39. The number of pyridine rings is 1. The van der Waals surface area contributed by atoms with Crippen LogP contribution in [0.4, 0.5) is 0 Å². The third kappa shape index (κ3) is 2.81. The lowest BCUT2D eigenvalue weighted by Gasteiger charge is -2.27. The molecule has 3 nitrogen and oxygen atoms in total. The van der Waals surface area contributed by atoms with Crippen molar-refractivity contribution in [3.63, 3.8) is 0 Å². The highest BCUT2D eigenvalue weighted by Gasteiger charge is 2.24. The molecule has 0 bridgehead atoms. The zero-order valence-electron chi connectivity index (χ0n) is 9.56. The summed E-state index contributed by atoms with van der Waals surface area (Å²) in [6.07, 6.45) is 7.61. The van der Waals surface area contributed by atoms with Crippen molar-refractivity contribution in [3.8, 4) is 5.75 Å². The first-order chi connectivity index (χ1) is 7.75. The molecule has 1 aromatic heterocycles. The van der Waals surface area contributed by atoms with Crippen molar-refractivity contribution >= 4 is 5.78 Å². The third-order valence-electron chi connectivity index (χ3n) is 3.20. The molecule has 16 heavy (non-hydrogen) atoms. The van der Waals surface area contributed by atoms with Crippen molar-refractivity contribution in [3.05, 3.63) is 24.5 Å². The van der Waals surface area contributed by atoms with Gasteiger partial charge >= 0.3 is 0 Å². The largest absolute Gasteiger partial charge is 0.490 e. The number of hydrogen-bond donors (Lipinski definition) is 0. The lowest BCUT2D eigenvalue weighted by atomic mass is 9.85. The van der Waals surface area contributed by atoms with Crippen LogP contribution < -0.4 is 4.74 Å². The molecule has 1 aliphatic rings. The van der Waals surface area contributed by atoms with Crippen LogP contribution in [0.5, 0.6) is 5.75 Å². The van der Waals surface area contributed by atoms with Crippen LogP contribution in [0.15, 0.2) is 24.5 Å². The fourth-order valence-corrected chi connectivity index (χ4v) is 2.20. The molecule has 1 fully saturated rings. The summed E-state index contributed by atoms with van der Waals surface area (Å²) >= 11 is 0. The van der Waals surface area contributed by atoms with Crippen LogP contribution in [0.25, 0.3) is 0 Å². The number of aromatic nitrogens is 1. The minimum atomic E-state index is 0.261. The molecule has 0 amide bonds. The summed E-state index contributed by atoms with van der Waals surface area (Å²) in [5.74, 6) is 1.46. The van der Waals surface area contributed by atoms with Gasteiger partial charge in [0.15, 0.2) is 0 Å². The van der Waals surface area contributed by atoms with Crippen LogP contribution in [0.1, 0.15) is 32.6 Å². The second-order valence-corrected chi connectivity index (χ2v) is 4.39. The van der Waals surface area contributed by atoms with Crippen molar-refractivity contribution in [1.29, 1.82) is 0 Å². The molecule has 86 valence electrons. The van der Waals surface area contributed by atoms with E-state index in [4.69, 9.17) is 4.74 Å². The highest BCUT2D eigenvalue weighted by molar-refractivity contribution is 5.78. The van der Waals surface area contributed by atoms with E-state index in [9.17, 15) is 4.79 Å². The SMILES string of the molecule is CC(=O)[C@H]1CC[C@H](Oc2ccncc2)CC1. The van der Waals surface area contributed by atoms with Crippen molar-refractivity contribution in [2.24, 2.45) is 5.92 Å². The number of carbonyl (C=O) groups excluding carboxylic acids is 1. The minimum Gasteiger partial charge on any atom is -0.490 e. The molecule has 0 spiro atoms. The lowest BCUT2D eigenvalue weighted by Crippen LogP contribution is -2.26. The molecule has 0 atom stereocenters. The molecule has 1 aromatic rings. The topological polar surface area (TPSA) is 39.2 Å². The molecular weight excluding hydrogens is 202 g/mol. The molecule has 3 heteroatoms. The maximum absolute atomic E-state index is 11.2. The van der Waals surface area contributed by atoms with Crippen LogP contribution >= 0.6 is 0 Å². The monoisotopic (exact) mass is 219 g/mol. The van der Waals surface area contributed by atoms with Gasteiger partial charge in [-0.2, -0.15) is 0 Å². The predicted octanol–water partition coefficient (Wildman–Crippen LogP) is 2.61. The van der Waals surface area contributed by atoms with E-state index in [2.05, 4.69) is 4.98 Å². The number of ketones is 1. The van der Waals surface area contributed by atoms with E-state index >= 15 is 0 Å². The van der Waals surface area contributed by atoms with E-state index in [0.717, 1.165) is 31.4 Å². The summed E-state index contributed by atoms with van der Waals surface area (Å²) in [5.41, 5.74) is 0. The van der Waals surface area contributed by atoms with E-state index in [1.54, 1.807) is 19.3 Å². The summed E-state index contributed by atoms with van der Waals surface area (Å²) in [5, 5.41) is 0. The molecule has 0 aromatic carbocycles. The fraction of sp³-hybridized carbons (Fsp3) is 0.538. The zero-order chi connectivity index (χ0) is 11.4. The van der Waals surface area contributed by atoms with Crippen molar-refractivity contribution < 1.29 is 9.53 Å². The van der Waals surface area contributed by atoms with Crippen LogP contribution in [0, 0.1) is 5.92 Å². The van der Waals surface area contributed by atoms with Crippen molar-refractivity contribution in [2.45, 2.75) is 38.7 Å². The quantitative estimate of drug-likeness (QED) is 0.784. The molecular formula is C13H17NO2. The van der Waals surface area contributed by atoms with Gasteiger partial charge in [-0.1, -0.05) is 0 Å². The van der Waals surface area contributed by atoms with Gasteiger partial charge < -0.3 is 4.74 Å². The fourth-order valence-electron chi connectivity index (χ4n) is 2.20. The molecule has 0 saturated heterocycles. The molecule has 1 aliphatic carbocycles. The van der Waals surface area contributed by atoms with E-state index in [1.807, 2.05) is 12.1 Å². The minimum absolute atomic E-state index is 0.261. The van der Waals surface area contributed by atoms with Gasteiger partial charge in [0.2, 0.25) is 0 Å². The Balaban J connectivity index is 1.84. The number of ether oxygens (including phenoxy) is 1. The maximum atomic E-state index is 11.2. The van der Waals surface area contributed by atoms with Gasteiger partial charge in [0.25, 0.3) is 0 Å². The first-order valence-corrected chi connectivity index (χ1v) is 5.83. The van der Waals surface area contributed by atoms with E-state index < -0.39 is 0 Å². The number of nitrogens with zero attached hydrogens (tertiary/aromatic N) is 1. The van der Waals surface area contributed by atoms with Crippen molar-refractivity contribution in [1.82, 2.24) is 4.98 Å². The Labute approximate surface area is 95.8 Å². The molecule has 0 radical (unpaired) electrons. The van der Waals surface area contributed by atoms with Gasteiger partial charge in [-0.3, -0.25) is 9.78 Å². The molecule has 1 heterocycles. The highest BCUT2D eigenvalue weighted by Crippen LogP contribution is 2.27. The second kappa shape index (κ2) is 5.10. The number of hydrogen-bond acceptors (Lipinski definition) is 3. The number of carbonyl (C=O) groups is 1. The van der Waals surface area contributed by atoms with E-state index in [1.165, 1.54) is 0 Å². The van der Waals surface area contributed by atoms with Crippen LogP contribution in [-0.2, 0) is 4.79 Å². The first kappa shape index (κ1) is 11.1. The Bertz CT molecular complexity index is 342. The smallest absolute Gasteiger partial charge is 0.132 e. The van der Waals surface area contributed by atoms with E-state index in [0.29, 0.717) is 5.78 Å². The average Bonchev–Trinajstić information content (AvgIpc) is 2.31. The van der Waals surface area contributed by atoms with Gasteiger partial charge in [-0.25, -0.2) is 0 Å². The Morgan fingerprint density at radius 1 is 1.25 bits per heavy atom. The average molecular weight is 219 g/mol. The Morgan fingerprint density at radius 2 is 1.88 bits per heavy atom. The summed E-state index contributed by atoms with van der Waals surface area (Å²) in [4.78, 5) is 15.2. The summed E-state index contributed by atoms with van der Waals surface area (Å²) in [6.45, 7) is 1.69. The first-order valence-electron chi connectivity index (χ1n) is 5.83. The van der Waals surface area contributed by atoms with Crippen molar-refractivity contribution in [2.75, 3.05) is 0 Å². The third-order valence-corrected chi connectivity index (χ3v) is 3.20. The number of rotatable bonds is 3. The standard InChI is InChI=1S/C13H17NO2/c1-10(15)11-2-4-12(5-3-11)16-13-6-8-14-9-7-13/h6-9,11-12H,2-5H2,1H3/t11-,12-. The summed E-state index contributed by atoms with van der Waals surface area (Å²) in [6, 6.07) is 3.74. The normalized spacial score (nSPS) is 25.1. The molecule has 2 rings (SSSR count). The Kier molecular flexibility index (Phi) is 3.54. The zero-order valence-corrected chi connectivity index (χ0v) is 9.56. The summed E-state index contributed by atoms with van der Waals surface area (Å²) < 4.78 is 5.83. The Hall–Kier alpha value is -1.38. The van der Waals surface area contributed by atoms with E-state index in [-0.39, 0.29) is 12.0 Å². The highest BCUT2D eigenvalue weighted by atomic mass is 16.5. The van der Waals surface area contributed by atoms with Gasteiger partial charge in [-0.05, 0) is 44.7 Å². The predicted molar refractivity (Wildman–Crippen MR) is 61.3 cm³/mol. The van der Waals surface area contributed by atoms with Gasteiger partial charge in [-0.15, -0.1) is 0 Å². The molecule has 0 N–H and O–H groups in total. The van der Waals surface area contributed by atoms with Gasteiger partial charge in [0, 0.05) is 18.3 Å². The number of Topliss-reactive ketones (excluding diaryl/α,β-unsaturated/α-hetero) is 1. The molecule has 0 aliphatic heterocycles. The molecule has 0 unspecified atom stereocenters. The van der Waals surface area contributed by atoms with Crippen LogP contribution in [0.3, 0.4) is 0 Å². The maximum Gasteiger partial charge on any atom is 0.132 e. The van der Waals surface area contributed by atoms with Gasteiger partial charge in [0.1, 0.15) is 11.5 Å².